The highest BCUT2D eigenvalue weighted by Gasteiger charge is 2.16. The van der Waals surface area contributed by atoms with Crippen molar-refractivity contribution in [2.75, 3.05) is 59.7 Å². The summed E-state index contributed by atoms with van der Waals surface area (Å²) >= 11 is 1.60. The van der Waals surface area contributed by atoms with Crippen LogP contribution in [0.15, 0.2) is 34.5 Å². The number of nitrogen functional groups attached to an aromatic ring is 2. The van der Waals surface area contributed by atoms with E-state index in [-0.39, 0.29) is 11.9 Å². The number of thiophene rings is 1. The molecule has 0 saturated carbocycles. The molecule has 4 heterocycles. The average Bonchev–Trinajstić information content (AvgIpc) is 3.44. The van der Waals surface area contributed by atoms with Crippen molar-refractivity contribution in [3.05, 3.63) is 34.9 Å². The number of nitrogens with zero attached hydrogens (tertiary/aromatic N) is 9. The highest BCUT2D eigenvalue weighted by atomic mass is 32.1. The summed E-state index contributed by atoms with van der Waals surface area (Å²) in [6.07, 6.45) is 3.16. The van der Waals surface area contributed by atoms with Crippen molar-refractivity contribution in [1.82, 2.24) is 29.9 Å². The zero-order valence-corrected chi connectivity index (χ0v) is 19.4. The van der Waals surface area contributed by atoms with Crippen LogP contribution in [0.4, 0.5) is 47.1 Å². The molecule has 0 atom stereocenters. The molecular weight excluding hydrogens is 444 g/mol. The zero-order chi connectivity index (χ0) is 23.5. The molecule has 172 valence electrons. The van der Waals surface area contributed by atoms with Gasteiger partial charge in [-0.05, 0) is 12.1 Å². The molecule has 0 spiro atoms. The molecule has 0 aromatic carbocycles. The van der Waals surface area contributed by atoms with Crippen LogP contribution in [0.3, 0.4) is 0 Å². The third kappa shape index (κ3) is 5.17. The Hall–Kier alpha value is -4.20. The molecule has 14 heteroatoms. The molecule has 0 radical (unpaired) electrons. The normalized spacial score (nSPS) is 10.8. The quantitative estimate of drug-likeness (QED) is 0.344. The summed E-state index contributed by atoms with van der Waals surface area (Å²) in [6, 6.07) is 3.83. The van der Waals surface area contributed by atoms with Crippen LogP contribution in [0.25, 0.3) is 0 Å². The van der Waals surface area contributed by atoms with Crippen molar-refractivity contribution >= 4 is 58.4 Å². The van der Waals surface area contributed by atoms with Crippen molar-refractivity contribution in [2.24, 2.45) is 0 Å². The Balaban J connectivity index is 1.53. The second kappa shape index (κ2) is 9.12. The van der Waals surface area contributed by atoms with E-state index in [1.165, 1.54) is 0 Å². The largest absolute Gasteiger partial charge is 0.470 e. The number of aromatic nitrogens is 6. The van der Waals surface area contributed by atoms with Gasteiger partial charge in [0.25, 0.3) is 0 Å². The van der Waals surface area contributed by atoms with Gasteiger partial charge in [0.05, 0.1) is 24.2 Å². The molecule has 0 bridgehead atoms. The van der Waals surface area contributed by atoms with E-state index in [0.29, 0.717) is 30.3 Å². The lowest BCUT2D eigenvalue weighted by Gasteiger charge is -2.19. The number of hydrogen-bond donors (Lipinski definition) is 3. The lowest BCUT2D eigenvalue weighted by molar-refractivity contribution is 0.568. The van der Waals surface area contributed by atoms with Crippen LogP contribution in [0.1, 0.15) is 4.88 Å². The highest BCUT2D eigenvalue weighted by Crippen LogP contribution is 2.28. The average molecular weight is 469 g/mol. The fourth-order valence-electron chi connectivity index (χ4n) is 2.84. The number of nitrogens with two attached hydrogens (primary N) is 2. The van der Waals surface area contributed by atoms with Crippen LogP contribution in [-0.4, -0.2) is 58.1 Å². The Labute approximate surface area is 194 Å². The third-order valence-electron chi connectivity index (χ3n) is 4.51. The van der Waals surface area contributed by atoms with Gasteiger partial charge in [-0.3, -0.25) is 0 Å². The van der Waals surface area contributed by atoms with Crippen LogP contribution in [0.5, 0.6) is 0 Å². The number of furan rings is 1. The van der Waals surface area contributed by atoms with Gasteiger partial charge in [0, 0.05) is 38.4 Å². The Kier molecular flexibility index (Phi) is 6.08. The summed E-state index contributed by atoms with van der Waals surface area (Å²) in [6.45, 7) is 0.585. The lowest BCUT2D eigenvalue weighted by atomic mass is 10.4. The van der Waals surface area contributed by atoms with Gasteiger partial charge in [0.1, 0.15) is 6.26 Å². The first kappa shape index (κ1) is 22.0. The van der Waals surface area contributed by atoms with Crippen molar-refractivity contribution in [3.63, 3.8) is 0 Å². The summed E-state index contributed by atoms with van der Waals surface area (Å²) < 4.78 is 5.10. The van der Waals surface area contributed by atoms with E-state index in [2.05, 4.69) is 35.2 Å². The minimum Gasteiger partial charge on any atom is -0.470 e. The molecule has 4 aromatic rings. The second-order valence-corrected chi connectivity index (χ2v) is 8.32. The topological polar surface area (TPSA) is 164 Å². The van der Waals surface area contributed by atoms with Crippen molar-refractivity contribution < 1.29 is 4.42 Å². The highest BCUT2D eigenvalue weighted by molar-refractivity contribution is 7.10. The predicted octanol–water partition coefficient (Wildman–Crippen LogP) is 2.09. The van der Waals surface area contributed by atoms with Crippen molar-refractivity contribution in [2.45, 2.75) is 6.54 Å². The van der Waals surface area contributed by atoms with Gasteiger partial charge in [-0.2, -0.15) is 29.9 Å². The van der Waals surface area contributed by atoms with Crippen LogP contribution >= 0.6 is 11.3 Å². The molecule has 4 aromatic heterocycles. The lowest BCUT2D eigenvalue weighted by Crippen LogP contribution is -2.22. The van der Waals surface area contributed by atoms with E-state index >= 15 is 0 Å². The standard InChI is InChI=1S/C19H24N12OS/c1-29(2)17-26-16(22-11-5-6-32-9-11)27-18(28-17)30(3)8-13-7-12(10-33-13)31(4)19-24-14(20)23-15(21)25-19/h5-7,9-10H,8H2,1-4H3,(H,22,26,27,28)(H4,20,21,23,24,25). The first-order valence-corrected chi connectivity index (χ1v) is 10.7. The fraction of sp³-hybridized carbons (Fsp3) is 0.263. The first-order chi connectivity index (χ1) is 15.8. The van der Waals surface area contributed by atoms with Crippen LogP contribution in [0, 0.1) is 0 Å². The van der Waals surface area contributed by atoms with Crippen molar-refractivity contribution in [3.8, 4) is 0 Å². The molecule has 0 aliphatic heterocycles. The predicted molar refractivity (Wildman–Crippen MR) is 129 cm³/mol. The van der Waals surface area contributed by atoms with Gasteiger partial charge in [-0.1, -0.05) is 0 Å². The van der Waals surface area contributed by atoms with E-state index in [1.54, 1.807) is 34.8 Å². The number of anilines is 8. The maximum Gasteiger partial charge on any atom is 0.236 e. The molecule has 33 heavy (non-hydrogen) atoms. The summed E-state index contributed by atoms with van der Waals surface area (Å²) in [4.78, 5) is 32.3. The first-order valence-electron chi connectivity index (χ1n) is 9.80. The smallest absolute Gasteiger partial charge is 0.236 e. The van der Waals surface area contributed by atoms with E-state index in [0.717, 1.165) is 16.3 Å². The van der Waals surface area contributed by atoms with Crippen LogP contribution < -0.4 is 31.5 Å². The molecule has 4 rings (SSSR count). The van der Waals surface area contributed by atoms with E-state index in [9.17, 15) is 0 Å². The Morgan fingerprint density at radius 1 is 0.939 bits per heavy atom. The van der Waals surface area contributed by atoms with Gasteiger partial charge in [-0.15, -0.1) is 11.3 Å². The Bertz CT molecular complexity index is 1210. The third-order valence-corrected chi connectivity index (χ3v) is 5.42. The summed E-state index contributed by atoms with van der Waals surface area (Å²) in [5, 5.41) is 5.14. The zero-order valence-electron chi connectivity index (χ0n) is 18.6. The monoisotopic (exact) mass is 468 g/mol. The Morgan fingerprint density at radius 2 is 1.67 bits per heavy atom. The fourth-order valence-corrected chi connectivity index (χ4v) is 3.80. The molecule has 0 saturated heterocycles. The Morgan fingerprint density at radius 3 is 2.33 bits per heavy atom. The summed E-state index contributed by atoms with van der Waals surface area (Å²) in [7, 11) is 7.52. The van der Waals surface area contributed by atoms with Gasteiger partial charge in [0.2, 0.25) is 35.7 Å². The minimum atomic E-state index is 0.0749. The SMILES string of the molecule is CN(C)c1nc(Nc2ccoc2)nc(N(C)Cc2cc(N(C)c3nc(N)nc(N)n3)cs2)n1. The van der Waals surface area contributed by atoms with Gasteiger partial charge >= 0.3 is 0 Å². The molecule has 0 unspecified atom stereocenters. The molecule has 0 amide bonds. The maximum atomic E-state index is 5.69. The number of rotatable bonds is 8. The molecule has 13 nitrogen and oxygen atoms in total. The van der Waals surface area contributed by atoms with Crippen LogP contribution in [0.2, 0.25) is 0 Å². The molecule has 0 aliphatic rings. The molecule has 0 aliphatic carbocycles. The molecule has 0 fully saturated rings. The van der Waals surface area contributed by atoms with E-state index in [4.69, 9.17) is 15.9 Å². The van der Waals surface area contributed by atoms with Gasteiger partial charge < -0.3 is 35.9 Å². The minimum absolute atomic E-state index is 0.0749. The second-order valence-electron chi connectivity index (χ2n) is 7.33. The van der Waals surface area contributed by atoms with E-state index < -0.39 is 0 Å². The summed E-state index contributed by atoms with van der Waals surface area (Å²) in [5.41, 5.74) is 13.0. The molecular formula is C19H24N12OS. The van der Waals surface area contributed by atoms with Crippen LogP contribution in [-0.2, 0) is 6.54 Å². The van der Waals surface area contributed by atoms with E-state index in [1.807, 2.05) is 49.4 Å². The van der Waals surface area contributed by atoms with Gasteiger partial charge in [0.15, 0.2) is 0 Å². The van der Waals surface area contributed by atoms with Crippen molar-refractivity contribution in [1.29, 1.82) is 0 Å². The molecule has 5 N–H and O–H groups in total. The number of nitrogens with one attached hydrogen (secondary N) is 1. The number of hydrogen-bond acceptors (Lipinski definition) is 14. The maximum absolute atomic E-state index is 5.69. The summed E-state index contributed by atoms with van der Waals surface area (Å²) in [5.74, 6) is 2.02. The van der Waals surface area contributed by atoms with Gasteiger partial charge in [-0.25, -0.2) is 0 Å².